The summed E-state index contributed by atoms with van der Waals surface area (Å²) in [6.45, 7) is 2.82. The molecule has 1 aliphatic heterocycles. The topological polar surface area (TPSA) is 41.1 Å². The van der Waals surface area contributed by atoms with Gasteiger partial charge < -0.3 is 10.6 Å². The maximum atomic E-state index is 12.1. The van der Waals surface area contributed by atoms with Crippen LogP contribution in [0.2, 0.25) is 5.02 Å². The van der Waals surface area contributed by atoms with Gasteiger partial charge in [-0.05, 0) is 60.4 Å². The van der Waals surface area contributed by atoms with Crippen LogP contribution in [0.4, 0.5) is 5.69 Å². The van der Waals surface area contributed by atoms with Crippen LogP contribution in [0.1, 0.15) is 19.8 Å². The van der Waals surface area contributed by atoms with E-state index in [1.165, 1.54) is 0 Å². The number of halogens is 2. The highest BCUT2D eigenvalue weighted by Crippen LogP contribution is 2.27. The Morgan fingerprint density at radius 1 is 1.59 bits per heavy atom. The molecular weight excluding hydrogens is 304 g/mol. The molecule has 5 heteroatoms. The second-order valence-corrected chi connectivity index (χ2v) is 5.71. The smallest absolute Gasteiger partial charge is 0.244 e. The minimum absolute atomic E-state index is 0.00612. The third-order valence-corrected chi connectivity index (χ3v) is 4.28. The third-order valence-electron chi connectivity index (χ3n) is 3.05. The number of carbonyl (C=O) groups is 1. The zero-order valence-corrected chi connectivity index (χ0v) is 11.9. The second-order valence-electron chi connectivity index (χ2n) is 4.45. The molecule has 92 valence electrons. The Bertz CT molecular complexity index is 444. The summed E-state index contributed by atoms with van der Waals surface area (Å²) >= 11 is 9.29. The maximum Gasteiger partial charge on any atom is 0.244 e. The van der Waals surface area contributed by atoms with Crippen LogP contribution in [0, 0.1) is 0 Å². The van der Waals surface area contributed by atoms with Crippen molar-refractivity contribution in [3.8, 4) is 0 Å². The molecule has 0 spiro atoms. The van der Waals surface area contributed by atoms with E-state index < -0.39 is 5.54 Å². The van der Waals surface area contributed by atoms with Crippen molar-refractivity contribution >= 4 is 39.1 Å². The van der Waals surface area contributed by atoms with Gasteiger partial charge in [-0.25, -0.2) is 0 Å². The van der Waals surface area contributed by atoms with Crippen LogP contribution in [0.3, 0.4) is 0 Å². The van der Waals surface area contributed by atoms with E-state index in [1.54, 1.807) is 6.07 Å². The van der Waals surface area contributed by atoms with Gasteiger partial charge in [0, 0.05) is 10.2 Å². The quantitative estimate of drug-likeness (QED) is 0.879. The van der Waals surface area contributed by atoms with Gasteiger partial charge in [-0.3, -0.25) is 4.79 Å². The molecule has 0 aliphatic carbocycles. The van der Waals surface area contributed by atoms with Crippen LogP contribution in [0.25, 0.3) is 0 Å². The van der Waals surface area contributed by atoms with Crippen molar-refractivity contribution in [2.45, 2.75) is 25.3 Å². The Balaban J connectivity index is 2.10. The van der Waals surface area contributed by atoms with E-state index in [9.17, 15) is 4.79 Å². The Morgan fingerprint density at radius 2 is 2.35 bits per heavy atom. The molecule has 1 amide bonds. The molecule has 2 N–H and O–H groups in total. The van der Waals surface area contributed by atoms with Crippen molar-refractivity contribution in [3.05, 3.63) is 27.7 Å². The van der Waals surface area contributed by atoms with E-state index in [-0.39, 0.29) is 5.91 Å². The fourth-order valence-corrected chi connectivity index (χ4v) is 2.36. The van der Waals surface area contributed by atoms with Crippen LogP contribution < -0.4 is 10.6 Å². The molecule has 0 bridgehead atoms. The Morgan fingerprint density at radius 3 is 2.94 bits per heavy atom. The van der Waals surface area contributed by atoms with E-state index in [0.717, 1.165) is 29.5 Å². The van der Waals surface area contributed by atoms with Crippen LogP contribution in [-0.4, -0.2) is 18.0 Å². The predicted molar refractivity (Wildman–Crippen MR) is 73.4 cm³/mol. The lowest BCUT2D eigenvalue weighted by Crippen LogP contribution is -2.47. The van der Waals surface area contributed by atoms with Crippen molar-refractivity contribution < 1.29 is 4.79 Å². The van der Waals surface area contributed by atoms with Crippen LogP contribution in [0.15, 0.2) is 22.7 Å². The fraction of sp³-hybridized carbons (Fsp3) is 0.417. The summed E-state index contributed by atoms with van der Waals surface area (Å²) < 4.78 is 0.822. The number of hydrogen-bond donors (Lipinski definition) is 2. The summed E-state index contributed by atoms with van der Waals surface area (Å²) in [5, 5.41) is 6.70. The highest BCUT2D eigenvalue weighted by atomic mass is 79.9. The van der Waals surface area contributed by atoms with Gasteiger partial charge in [0.1, 0.15) is 0 Å². The van der Waals surface area contributed by atoms with Crippen LogP contribution >= 0.6 is 27.5 Å². The van der Waals surface area contributed by atoms with Gasteiger partial charge in [0.05, 0.1) is 10.6 Å². The fourth-order valence-electron chi connectivity index (χ4n) is 1.93. The zero-order chi connectivity index (χ0) is 12.5. The van der Waals surface area contributed by atoms with Crippen molar-refractivity contribution in [1.29, 1.82) is 0 Å². The number of nitrogens with one attached hydrogen (secondary N) is 2. The molecule has 1 fully saturated rings. The van der Waals surface area contributed by atoms with Gasteiger partial charge in [0.2, 0.25) is 5.91 Å². The third kappa shape index (κ3) is 2.81. The Kier molecular flexibility index (Phi) is 3.76. The lowest BCUT2D eigenvalue weighted by Gasteiger charge is -2.23. The molecule has 2 rings (SSSR count). The van der Waals surface area contributed by atoms with E-state index in [2.05, 4.69) is 26.6 Å². The molecule has 1 unspecified atom stereocenters. The minimum Gasteiger partial charge on any atom is -0.324 e. The summed E-state index contributed by atoms with van der Waals surface area (Å²) in [5.41, 5.74) is 0.262. The molecule has 1 aliphatic rings. The average molecular weight is 318 g/mol. The molecule has 1 aromatic rings. The number of hydrogen-bond acceptors (Lipinski definition) is 2. The number of amides is 1. The lowest BCUT2D eigenvalue weighted by molar-refractivity contribution is -0.121. The first-order valence-electron chi connectivity index (χ1n) is 5.53. The highest BCUT2D eigenvalue weighted by Gasteiger charge is 2.35. The molecule has 1 heterocycles. The van der Waals surface area contributed by atoms with E-state index >= 15 is 0 Å². The van der Waals surface area contributed by atoms with Gasteiger partial charge in [-0.1, -0.05) is 11.6 Å². The first-order valence-corrected chi connectivity index (χ1v) is 6.70. The van der Waals surface area contributed by atoms with E-state index in [0.29, 0.717) is 5.02 Å². The van der Waals surface area contributed by atoms with Gasteiger partial charge >= 0.3 is 0 Å². The molecular formula is C12H14BrClN2O. The van der Waals surface area contributed by atoms with Crippen molar-refractivity contribution in [1.82, 2.24) is 5.32 Å². The molecule has 3 nitrogen and oxygen atoms in total. The normalized spacial score (nSPS) is 23.7. The first kappa shape index (κ1) is 12.9. The lowest BCUT2D eigenvalue weighted by atomic mass is 9.99. The van der Waals surface area contributed by atoms with E-state index in [4.69, 9.17) is 11.6 Å². The van der Waals surface area contributed by atoms with Gasteiger partial charge in [-0.2, -0.15) is 0 Å². The number of rotatable bonds is 2. The largest absolute Gasteiger partial charge is 0.324 e. The zero-order valence-electron chi connectivity index (χ0n) is 9.52. The SMILES string of the molecule is CC1(C(=O)Nc2ccc(Br)c(Cl)c2)CCCN1. The molecule has 0 aromatic heterocycles. The maximum absolute atomic E-state index is 12.1. The summed E-state index contributed by atoms with van der Waals surface area (Å²) in [5.74, 6) is -0.00612. The molecule has 0 radical (unpaired) electrons. The number of carbonyl (C=O) groups excluding carboxylic acids is 1. The van der Waals surface area contributed by atoms with E-state index in [1.807, 2.05) is 19.1 Å². The molecule has 1 aromatic carbocycles. The van der Waals surface area contributed by atoms with Gasteiger partial charge in [0.25, 0.3) is 0 Å². The predicted octanol–water partition coefficient (Wildman–Crippen LogP) is 3.18. The van der Waals surface area contributed by atoms with Crippen LogP contribution in [0.5, 0.6) is 0 Å². The highest BCUT2D eigenvalue weighted by molar-refractivity contribution is 9.10. The van der Waals surface area contributed by atoms with Gasteiger partial charge in [-0.15, -0.1) is 0 Å². The Labute approximate surface area is 114 Å². The summed E-state index contributed by atoms with van der Waals surface area (Å²) in [6, 6.07) is 5.39. The monoisotopic (exact) mass is 316 g/mol. The second kappa shape index (κ2) is 4.96. The Hall–Kier alpha value is -0.580. The summed E-state index contributed by atoms with van der Waals surface area (Å²) in [7, 11) is 0. The average Bonchev–Trinajstić information content (AvgIpc) is 2.72. The molecule has 0 saturated carbocycles. The first-order chi connectivity index (χ1) is 8.01. The standard InChI is InChI=1S/C12H14BrClN2O/c1-12(5-2-6-15-12)11(17)16-8-3-4-9(13)10(14)7-8/h3-4,7,15H,2,5-6H2,1H3,(H,16,17). The van der Waals surface area contributed by atoms with Gasteiger partial charge in [0.15, 0.2) is 0 Å². The molecule has 1 atom stereocenters. The minimum atomic E-state index is -0.459. The van der Waals surface area contributed by atoms with Crippen molar-refractivity contribution in [2.24, 2.45) is 0 Å². The summed E-state index contributed by atoms with van der Waals surface area (Å²) in [6.07, 6.45) is 1.90. The molecule has 17 heavy (non-hydrogen) atoms. The van der Waals surface area contributed by atoms with Crippen molar-refractivity contribution in [3.63, 3.8) is 0 Å². The number of anilines is 1. The van der Waals surface area contributed by atoms with Crippen molar-refractivity contribution in [2.75, 3.05) is 11.9 Å². The number of benzene rings is 1. The van der Waals surface area contributed by atoms with Crippen LogP contribution in [-0.2, 0) is 4.79 Å². The summed E-state index contributed by atoms with van der Waals surface area (Å²) in [4.78, 5) is 12.1. The molecule has 1 saturated heterocycles.